The second-order valence-corrected chi connectivity index (χ2v) is 7.70. The van der Waals surface area contributed by atoms with Crippen LogP contribution >= 0.6 is 12.2 Å². The van der Waals surface area contributed by atoms with Gasteiger partial charge in [0.2, 0.25) is 0 Å². The van der Waals surface area contributed by atoms with Gasteiger partial charge in [0.1, 0.15) is 0 Å². The van der Waals surface area contributed by atoms with Gasteiger partial charge in [-0.15, -0.1) is 0 Å². The number of hydrogen-bond donors (Lipinski definition) is 1. The van der Waals surface area contributed by atoms with Gasteiger partial charge in [0.05, 0.1) is 17.8 Å². The fraction of sp³-hybridized carbons (Fsp3) is 0.304. The van der Waals surface area contributed by atoms with E-state index in [-0.39, 0.29) is 12.1 Å². The summed E-state index contributed by atoms with van der Waals surface area (Å²) in [5, 5.41) is 4.35. The molecule has 3 aromatic rings. The van der Waals surface area contributed by atoms with E-state index in [1.54, 1.807) is 0 Å². The number of rotatable bonds is 5. The highest BCUT2D eigenvalue weighted by Crippen LogP contribution is 2.41. The van der Waals surface area contributed by atoms with Crippen molar-refractivity contribution < 1.29 is 0 Å². The Morgan fingerprint density at radius 1 is 1.07 bits per heavy atom. The maximum atomic E-state index is 5.72. The first kappa shape index (κ1) is 18.7. The van der Waals surface area contributed by atoms with E-state index in [9.17, 15) is 0 Å². The van der Waals surface area contributed by atoms with Crippen LogP contribution in [0.25, 0.3) is 5.69 Å². The molecule has 0 unspecified atom stereocenters. The Kier molecular flexibility index (Phi) is 5.18. The molecule has 1 N–H and O–H groups in total. The summed E-state index contributed by atoms with van der Waals surface area (Å²) in [5.41, 5.74) is 6.00. The first-order valence-electron chi connectivity index (χ1n) is 9.84. The van der Waals surface area contributed by atoms with E-state index in [4.69, 9.17) is 12.2 Å². The number of thiocarbonyl (C=S) groups is 1. The van der Waals surface area contributed by atoms with Crippen molar-refractivity contribution in [3.05, 3.63) is 83.4 Å². The van der Waals surface area contributed by atoms with Crippen LogP contribution in [0.1, 0.15) is 48.1 Å². The number of benzene rings is 1. The molecule has 28 heavy (non-hydrogen) atoms. The molecule has 1 saturated heterocycles. The van der Waals surface area contributed by atoms with Crippen LogP contribution in [0.3, 0.4) is 0 Å². The molecule has 0 spiro atoms. The third-order valence-electron chi connectivity index (χ3n) is 5.47. The fourth-order valence-electron chi connectivity index (χ4n) is 4.29. The average molecular weight is 391 g/mol. The number of aryl methyl sites for hydroxylation is 1. The number of hydrogen-bond acceptors (Lipinski definition) is 2. The lowest BCUT2D eigenvalue weighted by molar-refractivity contribution is 0.316. The van der Waals surface area contributed by atoms with Crippen molar-refractivity contribution in [3.8, 4) is 5.69 Å². The summed E-state index contributed by atoms with van der Waals surface area (Å²) < 4.78 is 2.33. The van der Waals surface area contributed by atoms with Crippen LogP contribution in [-0.4, -0.2) is 26.1 Å². The number of nitrogens with one attached hydrogen (secondary N) is 1. The molecule has 0 saturated carbocycles. The first-order valence-corrected chi connectivity index (χ1v) is 10.2. The minimum absolute atomic E-state index is 0.0463. The lowest BCUT2D eigenvalue weighted by Gasteiger charge is -2.27. The topological polar surface area (TPSA) is 33.1 Å². The molecule has 2 atom stereocenters. The van der Waals surface area contributed by atoms with Crippen LogP contribution in [0.4, 0.5) is 0 Å². The van der Waals surface area contributed by atoms with Gasteiger partial charge in [0.15, 0.2) is 5.11 Å². The Bertz CT molecular complexity index is 965. The number of nitrogens with zero attached hydrogens (tertiary/aromatic N) is 3. The van der Waals surface area contributed by atoms with E-state index in [1.165, 1.54) is 22.6 Å². The Balaban J connectivity index is 1.83. The molecule has 2 aromatic heterocycles. The molecule has 5 heteroatoms. The van der Waals surface area contributed by atoms with Gasteiger partial charge in [-0.05, 0) is 68.4 Å². The van der Waals surface area contributed by atoms with Crippen molar-refractivity contribution in [2.45, 2.75) is 39.3 Å². The molecule has 0 aliphatic carbocycles. The smallest absolute Gasteiger partial charge is 0.170 e. The zero-order valence-corrected chi connectivity index (χ0v) is 17.4. The Morgan fingerprint density at radius 2 is 1.82 bits per heavy atom. The molecular formula is C23H26N4S. The van der Waals surface area contributed by atoms with E-state index in [1.807, 2.05) is 18.3 Å². The Labute approximate surface area is 172 Å². The van der Waals surface area contributed by atoms with Crippen LogP contribution < -0.4 is 5.32 Å². The minimum Gasteiger partial charge on any atom is -0.352 e. The molecule has 1 aliphatic rings. The Morgan fingerprint density at radius 3 is 2.50 bits per heavy atom. The largest absolute Gasteiger partial charge is 0.352 e. The van der Waals surface area contributed by atoms with Crippen LogP contribution in [0.2, 0.25) is 0 Å². The summed E-state index contributed by atoms with van der Waals surface area (Å²) in [4.78, 5) is 6.95. The molecule has 1 aliphatic heterocycles. The van der Waals surface area contributed by atoms with Gasteiger partial charge in [-0.3, -0.25) is 4.98 Å². The number of aromatic nitrogens is 2. The van der Waals surface area contributed by atoms with Gasteiger partial charge in [0.25, 0.3) is 0 Å². The first-order chi connectivity index (χ1) is 13.6. The van der Waals surface area contributed by atoms with Gasteiger partial charge >= 0.3 is 0 Å². The second kappa shape index (κ2) is 7.76. The van der Waals surface area contributed by atoms with Crippen molar-refractivity contribution in [2.24, 2.45) is 0 Å². The van der Waals surface area contributed by atoms with Crippen molar-refractivity contribution in [2.75, 3.05) is 6.54 Å². The molecule has 144 valence electrons. The Hall–Kier alpha value is -2.66. The summed E-state index contributed by atoms with van der Waals surface area (Å²) in [6.07, 6.45) is 2.90. The number of para-hydroxylation sites is 1. The summed E-state index contributed by atoms with van der Waals surface area (Å²) in [6.45, 7) is 7.50. The van der Waals surface area contributed by atoms with Gasteiger partial charge in [0, 0.05) is 29.8 Å². The summed E-state index contributed by atoms with van der Waals surface area (Å²) in [6, 6.07) is 19.1. The van der Waals surface area contributed by atoms with E-state index >= 15 is 0 Å². The number of pyridine rings is 1. The fourth-order valence-corrected chi connectivity index (χ4v) is 4.62. The molecule has 0 amide bonds. The van der Waals surface area contributed by atoms with Gasteiger partial charge < -0.3 is 14.8 Å². The molecular weight excluding hydrogens is 364 g/mol. The lowest BCUT2D eigenvalue weighted by atomic mass is 9.96. The second-order valence-electron chi connectivity index (χ2n) is 7.32. The standard InChI is InChI=1S/C23H26N4S/c1-4-14-26-22(21(25-23(26)28)20-12-8-9-13-24-20)19-15-16(2)27(17(19)3)18-10-6-5-7-11-18/h5-13,15,21-22H,4,14H2,1-3H3,(H,25,28)/t21-,22-/m1/s1. The van der Waals surface area contributed by atoms with E-state index in [2.05, 4.69) is 83.0 Å². The van der Waals surface area contributed by atoms with Crippen molar-refractivity contribution in [3.63, 3.8) is 0 Å². The summed E-state index contributed by atoms with van der Waals surface area (Å²) >= 11 is 5.72. The van der Waals surface area contributed by atoms with E-state index < -0.39 is 0 Å². The third kappa shape index (κ3) is 3.20. The molecule has 1 aromatic carbocycles. The van der Waals surface area contributed by atoms with Gasteiger partial charge in [-0.25, -0.2) is 0 Å². The summed E-state index contributed by atoms with van der Waals surface area (Å²) in [7, 11) is 0. The molecule has 0 radical (unpaired) electrons. The van der Waals surface area contributed by atoms with E-state index in [0.29, 0.717) is 0 Å². The normalized spacial score (nSPS) is 19.1. The van der Waals surface area contributed by atoms with Gasteiger partial charge in [-0.1, -0.05) is 31.2 Å². The third-order valence-corrected chi connectivity index (χ3v) is 5.82. The van der Waals surface area contributed by atoms with Crippen LogP contribution in [0, 0.1) is 13.8 Å². The predicted octanol–water partition coefficient (Wildman–Crippen LogP) is 4.87. The zero-order valence-electron chi connectivity index (χ0n) is 16.6. The summed E-state index contributed by atoms with van der Waals surface area (Å²) in [5.74, 6) is 0. The minimum atomic E-state index is 0.0463. The maximum absolute atomic E-state index is 5.72. The van der Waals surface area contributed by atoms with Crippen LogP contribution in [-0.2, 0) is 0 Å². The van der Waals surface area contributed by atoms with Gasteiger partial charge in [-0.2, -0.15) is 0 Å². The highest BCUT2D eigenvalue weighted by Gasteiger charge is 2.40. The highest BCUT2D eigenvalue weighted by molar-refractivity contribution is 7.80. The molecule has 0 bridgehead atoms. The predicted molar refractivity (Wildman–Crippen MR) is 118 cm³/mol. The quantitative estimate of drug-likeness (QED) is 0.630. The van der Waals surface area contributed by atoms with Crippen LogP contribution in [0.15, 0.2) is 60.8 Å². The maximum Gasteiger partial charge on any atom is 0.170 e. The zero-order chi connectivity index (χ0) is 19.7. The van der Waals surface area contributed by atoms with Crippen molar-refractivity contribution >= 4 is 17.3 Å². The monoisotopic (exact) mass is 390 g/mol. The molecule has 3 heterocycles. The van der Waals surface area contributed by atoms with Crippen molar-refractivity contribution in [1.82, 2.24) is 19.8 Å². The highest BCUT2D eigenvalue weighted by atomic mass is 32.1. The van der Waals surface area contributed by atoms with Crippen LogP contribution in [0.5, 0.6) is 0 Å². The molecule has 4 rings (SSSR count). The van der Waals surface area contributed by atoms with E-state index in [0.717, 1.165) is 23.8 Å². The lowest BCUT2D eigenvalue weighted by Crippen LogP contribution is -2.30. The average Bonchev–Trinajstić information content (AvgIpc) is 3.19. The molecule has 1 fully saturated rings. The van der Waals surface area contributed by atoms with Crippen molar-refractivity contribution in [1.29, 1.82) is 0 Å². The molecule has 4 nitrogen and oxygen atoms in total. The SMILES string of the molecule is CCCN1C(=S)N[C@H](c2ccccn2)[C@H]1c1cc(C)n(-c2ccccc2)c1C.